The van der Waals surface area contributed by atoms with Crippen molar-refractivity contribution in [3.05, 3.63) is 12.2 Å². The van der Waals surface area contributed by atoms with Crippen LogP contribution in [0.2, 0.25) is 0 Å². The smallest absolute Gasteiger partial charge is 0.408 e. The van der Waals surface area contributed by atoms with Crippen LogP contribution in [0.3, 0.4) is 0 Å². The molecule has 2 aliphatic heterocycles. The van der Waals surface area contributed by atoms with Crippen LogP contribution < -0.4 is 15.4 Å². The van der Waals surface area contributed by atoms with Crippen LogP contribution in [0.4, 0.5) is 4.79 Å². The summed E-state index contributed by atoms with van der Waals surface area (Å²) >= 11 is 0. The topological polar surface area (TPSA) is 160 Å². The number of hydrogen-bond donors (Lipinski definition) is 3. The largest absolute Gasteiger partial charge is 0.444 e. The fourth-order valence-electron chi connectivity index (χ4n) is 5.94. The zero-order chi connectivity index (χ0) is 30.9. The fraction of sp³-hybridized carbons (Fsp3) is 0.793. The molecule has 0 aromatic carbocycles. The van der Waals surface area contributed by atoms with E-state index in [9.17, 15) is 27.6 Å². The van der Waals surface area contributed by atoms with Crippen LogP contribution in [-0.2, 0) is 33.9 Å². The van der Waals surface area contributed by atoms with Crippen molar-refractivity contribution < 1.29 is 37.1 Å². The molecule has 0 aromatic rings. The molecule has 2 saturated carbocycles. The third-order valence-electron chi connectivity index (χ3n) is 8.37. The highest BCUT2D eigenvalue weighted by Gasteiger charge is 2.64. The minimum absolute atomic E-state index is 0.00623. The van der Waals surface area contributed by atoms with Crippen LogP contribution in [0, 0.1) is 11.8 Å². The highest BCUT2D eigenvalue weighted by molar-refractivity contribution is 7.91. The number of ether oxygens (including phenoxy) is 2. The predicted octanol–water partition coefficient (Wildman–Crippen LogP) is 2.48. The summed E-state index contributed by atoms with van der Waals surface area (Å²) in [5, 5.41) is 5.57. The number of allylic oxidation sites excluding steroid dienone is 1. The number of nitrogens with one attached hydrogen (secondary N) is 3. The number of hydrogen-bond acceptors (Lipinski definition) is 8. The van der Waals surface area contributed by atoms with Gasteiger partial charge in [0.25, 0.3) is 15.9 Å². The van der Waals surface area contributed by atoms with Crippen LogP contribution in [0.1, 0.15) is 92.4 Å². The van der Waals surface area contributed by atoms with E-state index in [1.54, 1.807) is 27.7 Å². The molecular formula is C29H46N4O8S. The molecule has 13 heteroatoms. The Morgan fingerprint density at radius 2 is 1.88 bits per heavy atom. The second-order valence-corrected chi connectivity index (χ2v) is 15.1. The lowest BCUT2D eigenvalue weighted by atomic mass is 10.0. The van der Waals surface area contributed by atoms with Gasteiger partial charge in [-0.3, -0.25) is 14.4 Å². The summed E-state index contributed by atoms with van der Waals surface area (Å²) in [4.78, 5) is 53.8. The molecule has 0 aromatic heterocycles. The first-order valence-corrected chi connectivity index (χ1v) is 16.6. The van der Waals surface area contributed by atoms with E-state index in [1.807, 2.05) is 19.1 Å². The van der Waals surface area contributed by atoms with Crippen molar-refractivity contribution in [3.8, 4) is 0 Å². The Bertz CT molecular complexity index is 1210. The van der Waals surface area contributed by atoms with Crippen molar-refractivity contribution >= 4 is 33.8 Å². The van der Waals surface area contributed by atoms with E-state index >= 15 is 0 Å². The minimum atomic E-state index is -4.14. The van der Waals surface area contributed by atoms with E-state index in [-0.39, 0.29) is 30.8 Å². The van der Waals surface area contributed by atoms with Crippen LogP contribution in [0.5, 0.6) is 0 Å². The third-order valence-corrected chi connectivity index (χ3v) is 10.3. The number of carbonyl (C=O) groups is 4. The monoisotopic (exact) mass is 610 g/mol. The molecule has 5 atom stereocenters. The first-order chi connectivity index (χ1) is 19.6. The maximum absolute atomic E-state index is 13.8. The number of rotatable bonds is 6. The van der Waals surface area contributed by atoms with Crippen molar-refractivity contribution in [1.29, 1.82) is 0 Å². The number of alkyl carbamates (subject to hydrolysis) is 1. The standard InChI is InChI=1S/C29H46N4O8S/c1-6-40-28(14-15-28)42(38,39)32-25(36)29-17-20(29)12-10-8-7-9-11-13-21(30-26(37)41-27(3,4)5)24(35)33-18-19(2)16-22(33)23(34)31-29/h10,12,19-22H,6-9,11,13-18H2,1-5H3,(H,30,37)(H,31,34)(H,32,36)/b12-10-/t19-,20-,21+,22+,29-/m1/s1. The Morgan fingerprint density at radius 1 is 1.17 bits per heavy atom. The molecule has 0 spiro atoms. The number of nitrogens with zero attached hydrogens (tertiary/aromatic N) is 1. The van der Waals surface area contributed by atoms with Crippen molar-refractivity contribution in [1.82, 2.24) is 20.3 Å². The van der Waals surface area contributed by atoms with Gasteiger partial charge in [0.2, 0.25) is 11.8 Å². The zero-order valence-corrected chi connectivity index (χ0v) is 26.2. The summed E-state index contributed by atoms with van der Waals surface area (Å²) in [5.41, 5.74) is -2.19. The molecule has 2 aliphatic carbocycles. The molecule has 4 amide bonds. The van der Waals surface area contributed by atoms with Gasteiger partial charge in [0.05, 0.1) is 0 Å². The van der Waals surface area contributed by atoms with Gasteiger partial charge in [0.1, 0.15) is 23.2 Å². The normalized spacial score (nSPS) is 32.3. The zero-order valence-electron chi connectivity index (χ0n) is 25.4. The Labute approximate surface area is 248 Å². The highest BCUT2D eigenvalue weighted by atomic mass is 32.2. The first kappa shape index (κ1) is 32.2. The second kappa shape index (κ2) is 12.1. The quantitative estimate of drug-likeness (QED) is 0.387. The molecule has 0 bridgehead atoms. The van der Waals surface area contributed by atoms with Gasteiger partial charge in [0.15, 0.2) is 4.93 Å². The Balaban J connectivity index is 1.57. The number of amides is 4. The molecule has 3 N–H and O–H groups in total. The molecule has 42 heavy (non-hydrogen) atoms. The van der Waals surface area contributed by atoms with Gasteiger partial charge < -0.3 is 25.0 Å². The van der Waals surface area contributed by atoms with E-state index < -0.39 is 56.1 Å². The van der Waals surface area contributed by atoms with Gasteiger partial charge >= 0.3 is 6.09 Å². The Morgan fingerprint density at radius 3 is 2.52 bits per heavy atom. The fourth-order valence-corrected chi connectivity index (χ4v) is 7.46. The highest BCUT2D eigenvalue weighted by Crippen LogP contribution is 2.48. The molecule has 12 nitrogen and oxygen atoms in total. The van der Waals surface area contributed by atoms with E-state index in [4.69, 9.17) is 9.47 Å². The lowest BCUT2D eigenvalue weighted by molar-refractivity contribution is -0.141. The molecule has 2 heterocycles. The van der Waals surface area contributed by atoms with Gasteiger partial charge in [-0.25, -0.2) is 17.9 Å². The Hall–Kier alpha value is -2.67. The van der Waals surface area contributed by atoms with Crippen LogP contribution in [-0.4, -0.2) is 78.4 Å². The molecule has 4 rings (SSSR count). The van der Waals surface area contributed by atoms with Crippen molar-refractivity contribution in [2.24, 2.45) is 11.8 Å². The SMILES string of the molecule is CCOC1(S(=O)(=O)NC(=O)[C@@]23C[C@H]2/C=C\CCCCC[C@H](NC(=O)OC(C)(C)C)C(=O)N2C[C@H](C)C[C@H]2C(=O)N3)CC1. The molecule has 0 radical (unpaired) electrons. The first-order valence-electron chi connectivity index (χ1n) is 15.1. The van der Waals surface area contributed by atoms with Gasteiger partial charge in [-0.15, -0.1) is 0 Å². The maximum atomic E-state index is 13.8. The van der Waals surface area contributed by atoms with Gasteiger partial charge in [0, 0.05) is 19.1 Å². The van der Waals surface area contributed by atoms with Crippen LogP contribution in [0.25, 0.3) is 0 Å². The summed E-state index contributed by atoms with van der Waals surface area (Å²) in [5.74, 6) is -2.07. The number of fused-ring (bicyclic) bond motifs is 2. The van der Waals surface area contributed by atoms with Crippen molar-refractivity contribution in [2.45, 2.75) is 121 Å². The lowest BCUT2D eigenvalue weighted by Crippen LogP contribution is -2.59. The molecule has 1 saturated heterocycles. The molecular weight excluding hydrogens is 564 g/mol. The minimum Gasteiger partial charge on any atom is -0.444 e. The number of carbonyl (C=O) groups excluding carboxylic acids is 4. The average molecular weight is 611 g/mol. The summed E-state index contributed by atoms with van der Waals surface area (Å²) in [7, 11) is -4.14. The molecule has 3 fully saturated rings. The van der Waals surface area contributed by atoms with E-state index in [1.165, 1.54) is 4.90 Å². The second-order valence-electron chi connectivity index (χ2n) is 13.2. The van der Waals surface area contributed by atoms with Crippen molar-refractivity contribution in [2.75, 3.05) is 13.2 Å². The lowest BCUT2D eigenvalue weighted by Gasteiger charge is -2.30. The molecule has 0 unspecified atom stereocenters. The van der Waals surface area contributed by atoms with Crippen LogP contribution in [0.15, 0.2) is 12.2 Å². The van der Waals surface area contributed by atoms with E-state index in [0.717, 1.165) is 19.3 Å². The average Bonchev–Trinajstić information content (AvgIpc) is 3.77. The summed E-state index contributed by atoms with van der Waals surface area (Å²) in [6.45, 7) is 9.36. The predicted molar refractivity (Wildman–Crippen MR) is 154 cm³/mol. The van der Waals surface area contributed by atoms with E-state index in [2.05, 4.69) is 15.4 Å². The maximum Gasteiger partial charge on any atom is 0.408 e. The molecule has 236 valence electrons. The number of sulfonamides is 1. The van der Waals surface area contributed by atoms with Crippen LogP contribution >= 0.6 is 0 Å². The van der Waals surface area contributed by atoms with Gasteiger partial charge in [-0.05, 0) is 78.6 Å². The summed E-state index contributed by atoms with van der Waals surface area (Å²) in [6, 6.07) is -1.74. The third kappa shape index (κ3) is 7.10. The Kier molecular flexibility index (Phi) is 9.32. The molecule has 4 aliphatic rings. The van der Waals surface area contributed by atoms with Gasteiger partial charge in [-0.1, -0.05) is 31.9 Å². The summed E-state index contributed by atoms with van der Waals surface area (Å²) in [6.07, 6.45) is 7.78. The van der Waals surface area contributed by atoms with E-state index in [0.29, 0.717) is 38.6 Å². The summed E-state index contributed by atoms with van der Waals surface area (Å²) < 4.78 is 39.3. The van der Waals surface area contributed by atoms with Crippen molar-refractivity contribution in [3.63, 3.8) is 0 Å². The van der Waals surface area contributed by atoms with Gasteiger partial charge in [-0.2, -0.15) is 0 Å².